The van der Waals surface area contributed by atoms with Crippen molar-refractivity contribution >= 4 is 15.6 Å². The molecule has 1 rings (SSSR count). The minimum Gasteiger partial charge on any atom is -0.328 e. The number of hydrogen-bond acceptors (Lipinski definition) is 5. The van der Waals surface area contributed by atoms with Crippen LogP contribution in [0, 0.1) is 0 Å². The van der Waals surface area contributed by atoms with Crippen molar-refractivity contribution < 1.29 is 13.2 Å². The number of carbonyl (C=O) groups excluding carboxylic acids is 1. The molecule has 1 heterocycles. The number of ketones is 1. The van der Waals surface area contributed by atoms with Crippen LogP contribution in [0.5, 0.6) is 0 Å². The van der Waals surface area contributed by atoms with Gasteiger partial charge in [-0.05, 0) is 12.8 Å². The lowest BCUT2D eigenvalue weighted by atomic mass is 10.1. The van der Waals surface area contributed by atoms with Gasteiger partial charge in [0.15, 0.2) is 0 Å². The van der Waals surface area contributed by atoms with Crippen LogP contribution in [0.15, 0.2) is 0 Å². The second kappa shape index (κ2) is 5.75. The zero-order valence-corrected chi connectivity index (χ0v) is 10.5. The highest BCUT2D eigenvalue weighted by molar-refractivity contribution is 7.90. The standard InChI is InChI=1S/C10H20N2O3S/c1-16(14,15)7-4-10(13)8-12-5-2-9(11)3-6-12/h9H,2-8,11H2,1H3. The van der Waals surface area contributed by atoms with Gasteiger partial charge in [0.1, 0.15) is 15.6 Å². The lowest BCUT2D eigenvalue weighted by Gasteiger charge is -2.29. The quantitative estimate of drug-likeness (QED) is 0.703. The van der Waals surface area contributed by atoms with Crippen LogP contribution in [0.1, 0.15) is 19.3 Å². The van der Waals surface area contributed by atoms with E-state index >= 15 is 0 Å². The van der Waals surface area contributed by atoms with Gasteiger partial charge in [0, 0.05) is 31.8 Å². The Hall–Kier alpha value is -0.460. The summed E-state index contributed by atoms with van der Waals surface area (Å²) in [6.07, 6.45) is 3.11. The van der Waals surface area contributed by atoms with E-state index in [9.17, 15) is 13.2 Å². The topological polar surface area (TPSA) is 80.5 Å². The molecule has 0 aliphatic carbocycles. The number of Topliss-reactive ketones (excluding diaryl/α,β-unsaturated/α-hetero) is 1. The van der Waals surface area contributed by atoms with Gasteiger partial charge in [0.05, 0.1) is 12.3 Å². The maximum absolute atomic E-state index is 11.5. The number of hydrogen-bond donors (Lipinski definition) is 1. The van der Waals surface area contributed by atoms with Gasteiger partial charge in [0.25, 0.3) is 0 Å². The highest BCUT2D eigenvalue weighted by Crippen LogP contribution is 2.08. The van der Waals surface area contributed by atoms with Crippen LogP contribution in [0.2, 0.25) is 0 Å². The normalized spacial score (nSPS) is 19.9. The summed E-state index contributed by atoms with van der Waals surface area (Å²) < 4.78 is 21.8. The first kappa shape index (κ1) is 13.6. The molecule has 0 spiro atoms. The van der Waals surface area contributed by atoms with Crippen LogP contribution in [0.25, 0.3) is 0 Å². The van der Waals surface area contributed by atoms with Crippen LogP contribution in [0.4, 0.5) is 0 Å². The molecule has 0 bridgehead atoms. The molecule has 16 heavy (non-hydrogen) atoms. The van der Waals surface area contributed by atoms with Crippen LogP contribution in [0.3, 0.4) is 0 Å². The number of nitrogens with two attached hydrogens (primary N) is 1. The van der Waals surface area contributed by atoms with Gasteiger partial charge >= 0.3 is 0 Å². The molecule has 1 aliphatic heterocycles. The van der Waals surface area contributed by atoms with E-state index in [1.807, 2.05) is 4.90 Å². The van der Waals surface area contributed by atoms with Crippen molar-refractivity contribution in [2.75, 3.05) is 31.6 Å². The molecule has 0 aromatic carbocycles. The zero-order chi connectivity index (χ0) is 12.2. The summed E-state index contributed by atoms with van der Waals surface area (Å²) >= 11 is 0. The average Bonchev–Trinajstić information content (AvgIpc) is 2.18. The van der Waals surface area contributed by atoms with Gasteiger partial charge in [-0.3, -0.25) is 9.69 Å². The molecule has 0 atom stereocenters. The average molecular weight is 248 g/mol. The maximum Gasteiger partial charge on any atom is 0.147 e. The van der Waals surface area contributed by atoms with Crippen molar-refractivity contribution in [2.45, 2.75) is 25.3 Å². The highest BCUT2D eigenvalue weighted by atomic mass is 32.2. The van der Waals surface area contributed by atoms with E-state index in [-0.39, 0.29) is 24.0 Å². The second-order valence-corrected chi connectivity index (χ2v) is 6.79. The largest absolute Gasteiger partial charge is 0.328 e. The minimum absolute atomic E-state index is 0.000830. The fourth-order valence-electron chi connectivity index (χ4n) is 1.74. The molecule has 6 heteroatoms. The molecule has 0 aromatic heterocycles. The Bertz CT molecular complexity index is 332. The third kappa shape index (κ3) is 5.58. The molecule has 94 valence electrons. The van der Waals surface area contributed by atoms with E-state index in [0.717, 1.165) is 32.2 Å². The van der Waals surface area contributed by atoms with Crippen LogP contribution < -0.4 is 5.73 Å². The number of piperidine rings is 1. The number of sulfone groups is 1. The fraction of sp³-hybridized carbons (Fsp3) is 0.900. The third-order valence-electron chi connectivity index (χ3n) is 2.78. The zero-order valence-electron chi connectivity index (χ0n) is 9.68. The molecule has 2 N–H and O–H groups in total. The third-order valence-corrected chi connectivity index (χ3v) is 3.73. The van der Waals surface area contributed by atoms with E-state index in [2.05, 4.69) is 0 Å². The summed E-state index contributed by atoms with van der Waals surface area (Å²) in [5, 5.41) is 0. The van der Waals surface area contributed by atoms with Crippen LogP contribution in [-0.4, -0.2) is 56.8 Å². The number of nitrogens with zero attached hydrogens (tertiary/aromatic N) is 1. The summed E-state index contributed by atoms with van der Waals surface area (Å²) in [6.45, 7) is 2.04. The minimum atomic E-state index is -3.03. The van der Waals surface area contributed by atoms with Crippen molar-refractivity contribution in [3.63, 3.8) is 0 Å². The van der Waals surface area contributed by atoms with Gasteiger partial charge in [-0.1, -0.05) is 0 Å². The maximum atomic E-state index is 11.5. The van der Waals surface area contributed by atoms with E-state index in [0.29, 0.717) is 6.54 Å². The van der Waals surface area contributed by atoms with Gasteiger partial charge in [-0.2, -0.15) is 0 Å². The first-order chi connectivity index (χ1) is 7.37. The van der Waals surface area contributed by atoms with Gasteiger partial charge in [-0.15, -0.1) is 0 Å². The molecular formula is C10H20N2O3S. The van der Waals surface area contributed by atoms with Crippen molar-refractivity contribution in [3.8, 4) is 0 Å². The summed E-state index contributed by atoms with van der Waals surface area (Å²) in [4.78, 5) is 13.6. The van der Waals surface area contributed by atoms with Crippen LogP contribution in [-0.2, 0) is 14.6 Å². The Balaban J connectivity index is 2.24. The van der Waals surface area contributed by atoms with E-state index in [1.165, 1.54) is 0 Å². The highest BCUT2D eigenvalue weighted by Gasteiger charge is 2.18. The Kier molecular flexibility index (Phi) is 4.89. The molecule has 1 saturated heterocycles. The van der Waals surface area contributed by atoms with Crippen molar-refractivity contribution in [2.24, 2.45) is 5.73 Å². The summed E-state index contributed by atoms with van der Waals surface area (Å²) in [6, 6.07) is 0.252. The SMILES string of the molecule is CS(=O)(=O)CCC(=O)CN1CCC(N)CC1. The number of rotatable bonds is 5. The molecule has 0 aromatic rings. The Morgan fingerprint density at radius 3 is 2.44 bits per heavy atom. The Morgan fingerprint density at radius 2 is 1.94 bits per heavy atom. The lowest BCUT2D eigenvalue weighted by molar-refractivity contribution is -0.120. The predicted octanol–water partition coefficient (Wildman–Crippen LogP) is -0.587. The van der Waals surface area contributed by atoms with E-state index in [1.54, 1.807) is 0 Å². The second-order valence-electron chi connectivity index (χ2n) is 4.53. The smallest absolute Gasteiger partial charge is 0.147 e. The molecule has 1 fully saturated rings. The molecule has 0 amide bonds. The van der Waals surface area contributed by atoms with E-state index < -0.39 is 9.84 Å². The number of carbonyl (C=O) groups is 1. The van der Waals surface area contributed by atoms with Crippen molar-refractivity contribution in [1.29, 1.82) is 0 Å². The Labute approximate surface area is 96.9 Å². The Morgan fingerprint density at radius 1 is 1.38 bits per heavy atom. The molecule has 0 saturated carbocycles. The predicted molar refractivity (Wildman–Crippen MR) is 63.0 cm³/mol. The molecule has 0 unspecified atom stereocenters. The summed E-state index contributed by atoms with van der Waals surface area (Å²) in [5.41, 5.74) is 5.75. The van der Waals surface area contributed by atoms with Gasteiger partial charge < -0.3 is 5.73 Å². The monoisotopic (exact) mass is 248 g/mol. The fourth-order valence-corrected chi connectivity index (χ4v) is 2.34. The summed E-state index contributed by atoms with van der Waals surface area (Å²) in [5.74, 6) is -0.0416. The first-order valence-corrected chi connectivity index (χ1v) is 7.60. The molecule has 5 nitrogen and oxygen atoms in total. The van der Waals surface area contributed by atoms with Crippen molar-refractivity contribution in [1.82, 2.24) is 4.90 Å². The molecular weight excluding hydrogens is 228 g/mol. The van der Waals surface area contributed by atoms with Crippen LogP contribution >= 0.6 is 0 Å². The van der Waals surface area contributed by atoms with Gasteiger partial charge in [0.2, 0.25) is 0 Å². The molecule has 1 aliphatic rings. The van der Waals surface area contributed by atoms with E-state index in [4.69, 9.17) is 5.73 Å². The lowest BCUT2D eigenvalue weighted by Crippen LogP contribution is -2.42. The molecule has 0 radical (unpaired) electrons. The number of likely N-dealkylation sites (tertiary alicyclic amines) is 1. The first-order valence-electron chi connectivity index (χ1n) is 5.54. The summed E-state index contributed by atoms with van der Waals surface area (Å²) in [7, 11) is -3.03. The van der Waals surface area contributed by atoms with Gasteiger partial charge in [-0.25, -0.2) is 8.42 Å². The van der Waals surface area contributed by atoms with Crippen molar-refractivity contribution in [3.05, 3.63) is 0 Å².